The van der Waals surface area contributed by atoms with Gasteiger partial charge in [-0.3, -0.25) is 9.79 Å². The first-order valence-electron chi connectivity index (χ1n) is 6.82. The Hall–Kier alpha value is -1.54. The Morgan fingerprint density at radius 3 is 2.05 bits per heavy atom. The molecule has 0 radical (unpaired) electrons. The second kappa shape index (κ2) is 5.58. The molecule has 1 aliphatic carbocycles. The number of ketones is 1. The molecule has 1 saturated carbocycles. The largest absolute Gasteiger partial charge is 0.455 e. The van der Waals surface area contributed by atoms with Gasteiger partial charge in [0.2, 0.25) is 0 Å². The number of nitrogens with one attached hydrogen (secondary N) is 1. The second-order valence-electron chi connectivity index (χ2n) is 5.44. The summed E-state index contributed by atoms with van der Waals surface area (Å²) in [7, 11) is 0. The van der Waals surface area contributed by atoms with Crippen LogP contribution in [0.4, 0.5) is 26.3 Å². The van der Waals surface area contributed by atoms with E-state index in [1.54, 1.807) is 0 Å². The Labute approximate surface area is 122 Å². The number of nitrogens with zero attached hydrogens (tertiary/aromatic N) is 1. The van der Waals surface area contributed by atoms with Crippen molar-refractivity contribution in [3.63, 3.8) is 0 Å². The molecule has 9 heteroatoms. The van der Waals surface area contributed by atoms with Gasteiger partial charge in [-0.05, 0) is 25.7 Å². The topological polar surface area (TPSA) is 41.5 Å². The monoisotopic (exact) mass is 328 g/mol. The van der Waals surface area contributed by atoms with E-state index in [-0.39, 0.29) is 12.8 Å². The van der Waals surface area contributed by atoms with Gasteiger partial charge in [-0.25, -0.2) is 0 Å². The molecule has 3 nitrogen and oxygen atoms in total. The van der Waals surface area contributed by atoms with Crippen LogP contribution >= 0.6 is 0 Å². The maximum atomic E-state index is 13.1. The van der Waals surface area contributed by atoms with Gasteiger partial charge in [-0.15, -0.1) is 0 Å². The van der Waals surface area contributed by atoms with E-state index in [9.17, 15) is 31.1 Å². The predicted molar refractivity (Wildman–Crippen MR) is 66.2 cm³/mol. The number of Topliss-reactive ketones (excluding diaryl/α,β-unsaturated/α-hetero) is 1. The first-order valence-corrected chi connectivity index (χ1v) is 6.82. The van der Waals surface area contributed by atoms with Crippen LogP contribution in [0.3, 0.4) is 0 Å². The molecule has 0 aromatic rings. The molecule has 22 heavy (non-hydrogen) atoms. The third kappa shape index (κ3) is 3.44. The maximum absolute atomic E-state index is 13.1. The number of carbonyl (C=O) groups excluding carboxylic acids is 1. The molecule has 0 amide bonds. The average Bonchev–Trinajstić information content (AvgIpc) is 2.62. The zero-order chi connectivity index (χ0) is 16.6. The molecule has 2 rings (SSSR count). The number of alkyl halides is 6. The van der Waals surface area contributed by atoms with E-state index in [2.05, 4.69) is 10.3 Å². The summed E-state index contributed by atoms with van der Waals surface area (Å²) >= 11 is 0. The highest BCUT2D eigenvalue weighted by Gasteiger charge is 2.50. The molecule has 2 aliphatic rings. The Morgan fingerprint density at radius 1 is 1.05 bits per heavy atom. The van der Waals surface area contributed by atoms with E-state index in [0.717, 1.165) is 12.8 Å². The molecule has 1 aliphatic heterocycles. The highest BCUT2D eigenvalue weighted by atomic mass is 19.4. The first-order chi connectivity index (χ1) is 10.1. The van der Waals surface area contributed by atoms with Gasteiger partial charge < -0.3 is 5.32 Å². The van der Waals surface area contributed by atoms with Gasteiger partial charge >= 0.3 is 12.4 Å². The zero-order valence-electron chi connectivity index (χ0n) is 11.4. The summed E-state index contributed by atoms with van der Waals surface area (Å²) in [6.45, 7) is 0. The minimum absolute atomic E-state index is 0.288. The molecule has 124 valence electrons. The fourth-order valence-electron chi connectivity index (χ4n) is 2.70. The van der Waals surface area contributed by atoms with Crippen molar-refractivity contribution >= 4 is 12.0 Å². The van der Waals surface area contributed by atoms with E-state index < -0.39 is 35.1 Å². The molecule has 0 bridgehead atoms. The zero-order valence-corrected chi connectivity index (χ0v) is 11.4. The van der Waals surface area contributed by atoms with Crippen LogP contribution in [0.25, 0.3) is 0 Å². The van der Waals surface area contributed by atoms with Gasteiger partial charge in [0, 0.05) is 6.21 Å². The molecular weight excluding hydrogens is 314 g/mol. The summed E-state index contributed by atoms with van der Waals surface area (Å²) in [5.41, 5.74) is -4.39. The summed E-state index contributed by atoms with van der Waals surface area (Å²) in [6.07, 6.45) is -6.55. The average molecular weight is 328 g/mol. The minimum atomic E-state index is -5.38. The summed E-state index contributed by atoms with van der Waals surface area (Å²) in [5.74, 6) is -2.54. The highest BCUT2D eigenvalue weighted by molar-refractivity contribution is 6.16. The van der Waals surface area contributed by atoms with Crippen molar-refractivity contribution in [2.45, 2.75) is 56.5 Å². The van der Waals surface area contributed by atoms with E-state index in [0.29, 0.717) is 19.1 Å². The van der Waals surface area contributed by atoms with E-state index in [1.807, 2.05) is 0 Å². The van der Waals surface area contributed by atoms with Crippen molar-refractivity contribution in [3.05, 3.63) is 11.3 Å². The van der Waals surface area contributed by atoms with Gasteiger partial charge in [0.25, 0.3) is 5.78 Å². The van der Waals surface area contributed by atoms with Crippen molar-refractivity contribution in [2.75, 3.05) is 0 Å². The quantitative estimate of drug-likeness (QED) is 0.747. The lowest BCUT2D eigenvalue weighted by atomic mass is 9.96. The normalized spacial score (nSPS) is 22.5. The third-order valence-electron chi connectivity index (χ3n) is 3.78. The number of rotatable bonds is 1. The van der Waals surface area contributed by atoms with Crippen molar-refractivity contribution in [1.82, 2.24) is 5.32 Å². The summed E-state index contributed by atoms with van der Waals surface area (Å²) < 4.78 is 76.6. The van der Waals surface area contributed by atoms with Gasteiger partial charge in [-0.2, -0.15) is 26.3 Å². The lowest BCUT2D eigenvalue weighted by Crippen LogP contribution is -2.50. The van der Waals surface area contributed by atoms with E-state index in [4.69, 9.17) is 0 Å². The lowest BCUT2D eigenvalue weighted by Gasteiger charge is -2.36. The van der Waals surface area contributed by atoms with Gasteiger partial charge in [0.05, 0.1) is 5.57 Å². The van der Waals surface area contributed by atoms with Crippen molar-refractivity contribution < 1.29 is 31.1 Å². The van der Waals surface area contributed by atoms with Crippen LogP contribution in [0.15, 0.2) is 16.3 Å². The van der Waals surface area contributed by atoms with Crippen LogP contribution in [-0.4, -0.2) is 30.0 Å². The van der Waals surface area contributed by atoms with Crippen LogP contribution in [0.2, 0.25) is 0 Å². The Bertz CT molecular complexity index is 510. The van der Waals surface area contributed by atoms with Crippen LogP contribution < -0.4 is 5.32 Å². The van der Waals surface area contributed by atoms with Gasteiger partial charge in [-0.1, -0.05) is 12.8 Å². The smallest absolute Gasteiger partial charge is 0.357 e. The minimum Gasteiger partial charge on any atom is -0.357 e. The fraction of sp³-hybridized carbons (Fsp3) is 0.692. The van der Waals surface area contributed by atoms with Crippen LogP contribution in [0.5, 0.6) is 0 Å². The predicted octanol–water partition coefficient (Wildman–Crippen LogP) is 3.66. The standard InChI is InChI=1S/C13H14F6N2O/c14-12(15,16)9-8(10(22)13(17,18)19)7-20-11(21-9)5-3-1-2-4-6-11/h7,21H,1-6H2. The molecule has 0 atom stereocenters. The number of hydrogen-bond acceptors (Lipinski definition) is 3. The lowest BCUT2D eigenvalue weighted by molar-refractivity contribution is -0.166. The molecule has 0 unspecified atom stereocenters. The molecule has 1 spiro atoms. The van der Waals surface area contributed by atoms with Crippen molar-refractivity contribution in [2.24, 2.45) is 4.99 Å². The van der Waals surface area contributed by atoms with Crippen molar-refractivity contribution in [1.29, 1.82) is 0 Å². The number of carbonyl (C=O) groups is 1. The molecular formula is C13H14F6N2O. The fourth-order valence-corrected chi connectivity index (χ4v) is 2.70. The number of aliphatic imine (C=N–C) groups is 1. The molecule has 1 N–H and O–H groups in total. The van der Waals surface area contributed by atoms with Crippen LogP contribution in [-0.2, 0) is 4.79 Å². The SMILES string of the molecule is O=C(C1=C(C(F)(F)F)NC2(CCCCCC2)N=C1)C(F)(F)F. The Balaban J connectivity index is 2.41. The summed E-state index contributed by atoms with van der Waals surface area (Å²) in [4.78, 5) is 15.0. The number of hydrogen-bond donors (Lipinski definition) is 1. The number of allylic oxidation sites excluding steroid dienone is 2. The van der Waals surface area contributed by atoms with Crippen LogP contribution in [0, 0.1) is 0 Å². The maximum Gasteiger partial charge on any atom is 0.455 e. The molecule has 0 aromatic carbocycles. The van der Waals surface area contributed by atoms with Crippen LogP contribution in [0.1, 0.15) is 38.5 Å². The first kappa shape index (κ1) is 16.8. The molecule has 0 saturated heterocycles. The third-order valence-corrected chi connectivity index (χ3v) is 3.78. The highest BCUT2D eigenvalue weighted by Crippen LogP contribution is 2.38. The molecule has 1 fully saturated rings. The van der Waals surface area contributed by atoms with Crippen molar-refractivity contribution in [3.8, 4) is 0 Å². The molecule has 1 heterocycles. The van der Waals surface area contributed by atoms with Gasteiger partial charge in [0.15, 0.2) is 0 Å². The van der Waals surface area contributed by atoms with Gasteiger partial charge in [0.1, 0.15) is 11.4 Å². The summed E-state index contributed by atoms with van der Waals surface area (Å²) in [6, 6.07) is 0. The van der Waals surface area contributed by atoms with E-state index >= 15 is 0 Å². The number of halogens is 6. The summed E-state index contributed by atoms with van der Waals surface area (Å²) in [5, 5.41) is 2.09. The van der Waals surface area contributed by atoms with E-state index in [1.165, 1.54) is 0 Å². The Kier molecular flexibility index (Phi) is 4.27. The Morgan fingerprint density at radius 2 is 1.59 bits per heavy atom. The second-order valence-corrected chi connectivity index (χ2v) is 5.44. The molecule has 0 aromatic heterocycles.